The summed E-state index contributed by atoms with van der Waals surface area (Å²) >= 11 is 3.44. The molecule has 30 heavy (non-hydrogen) atoms. The maximum Gasteiger partial charge on any atom is 0.323 e. The third kappa shape index (κ3) is 3.38. The second-order valence-corrected chi connectivity index (χ2v) is 7.51. The molecule has 0 bridgehead atoms. The Morgan fingerprint density at radius 2 is 1.80 bits per heavy atom. The highest BCUT2D eigenvalue weighted by atomic mass is 79.9. The van der Waals surface area contributed by atoms with Gasteiger partial charge in [-0.15, -0.1) is 0 Å². The number of amides is 2. The smallest absolute Gasteiger partial charge is 0.323 e. The third-order valence-electron chi connectivity index (χ3n) is 4.86. The lowest BCUT2D eigenvalue weighted by molar-refractivity contribution is 0.256. The van der Waals surface area contributed by atoms with E-state index in [4.69, 9.17) is 17.2 Å². The number of primary amides is 1. The molecule has 0 saturated carbocycles. The predicted octanol–water partition coefficient (Wildman–Crippen LogP) is 4.39. The second kappa shape index (κ2) is 7.77. The van der Waals surface area contributed by atoms with E-state index in [1.54, 1.807) is 30.3 Å². The number of aromatic nitrogens is 2. The quantitative estimate of drug-likeness (QED) is 0.354. The lowest BCUT2D eigenvalue weighted by Gasteiger charge is -2.22. The summed E-state index contributed by atoms with van der Waals surface area (Å²) in [5.41, 5.74) is 21.1. The van der Waals surface area contributed by atoms with Crippen LogP contribution < -0.4 is 22.1 Å². The number of aromatic amines is 1. The summed E-state index contributed by atoms with van der Waals surface area (Å²) in [5.74, 6) is -0.216. The molecular weight excluding hydrogens is 451 g/mol. The minimum atomic E-state index is -0.628. The van der Waals surface area contributed by atoms with Crippen LogP contribution in [0, 0.1) is 5.82 Å². The number of hydrogen-bond donors (Lipinski definition) is 4. The molecule has 0 atom stereocenters. The zero-order valence-electron chi connectivity index (χ0n) is 15.7. The zero-order valence-corrected chi connectivity index (χ0v) is 17.3. The van der Waals surface area contributed by atoms with Crippen LogP contribution in [-0.2, 0) is 6.54 Å². The van der Waals surface area contributed by atoms with Gasteiger partial charge in [0.15, 0.2) is 5.82 Å². The molecule has 1 aromatic heterocycles. The third-order valence-corrected chi connectivity index (χ3v) is 5.64. The van der Waals surface area contributed by atoms with Gasteiger partial charge in [-0.2, -0.15) is 5.10 Å². The van der Waals surface area contributed by atoms with Crippen molar-refractivity contribution in [3.63, 3.8) is 0 Å². The summed E-state index contributed by atoms with van der Waals surface area (Å²) in [6.07, 6.45) is 0. The SMILES string of the molecule is NCc1cc(N(C(N)=O)c2ccc(-c3ccc(F)c4[nH]nc(N)c34)cc2)ccc1Br. The predicted molar refractivity (Wildman–Crippen MR) is 120 cm³/mol. The van der Waals surface area contributed by atoms with Gasteiger partial charge >= 0.3 is 6.03 Å². The number of halogens is 2. The first-order valence-corrected chi connectivity index (χ1v) is 9.80. The van der Waals surface area contributed by atoms with Crippen molar-refractivity contribution in [1.82, 2.24) is 10.2 Å². The number of nitrogens with zero attached hydrogens (tertiary/aromatic N) is 2. The van der Waals surface area contributed by atoms with Crippen LogP contribution in [0.15, 0.2) is 59.1 Å². The number of benzene rings is 3. The molecule has 4 aromatic rings. The van der Waals surface area contributed by atoms with Crippen molar-refractivity contribution in [3.8, 4) is 11.1 Å². The van der Waals surface area contributed by atoms with Gasteiger partial charge in [-0.3, -0.25) is 10.00 Å². The summed E-state index contributed by atoms with van der Waals surface area (Å²) in [6, 6.07) is 14.9. The van der Waals surface area contributed by atoms with Gasteiger partial charge < -0.3 is 17.2 Å². The molecule has 4 rings (SSSR count). The number of H-pyrrole nitrogens is 1. The van der Waals surface area contributed by atoms with Crippen LogP contribution in [0.3, 0.4) is 0 Å². The fourth-order valence-electron chi connectivity index (χ4n) is 3.42. The monoisotopic (exact) mass is 468 g/mol. The molecule has 0 radical (unpaired) electrons. The first-order valence-electron chi connectivity index (χ1n) is 9.01. The first kappa shape index (κ1) is 19.9. The van der Waals surface area contributed by atoms with Crippen LogP contribution in [0.25, 0.3) is 22.0 Å². The van der Waals surface area contributed by atoms with Crippen molar-refractivity contribution in [2.45, 2.75) is 6.54 Å². The van der Waals surface area contributed by atoms with E-state index in [0.29, 0.717) is 23.3 Å². The summed E-state index contributed by atoms with van der Waals surface area (Å²) in [6.45, 7) is 0.312. The Kier molecular flexibility index (Phi) is 5.15. The highest BCUT2D eigenvalue weighted by Crippen LogP contribution is 2.35. The number of nitrogens with two attached hydrogens (primary N) is 3. The molecule has 7 N–H and O–H groups in total. The molecular formula is C21H18BrFN6O. The van der Waals surface area contributed by atoms with E-state index in [0.717, 1.165) is 21.2 Å². The average Bonchev–Trinajstić information content (AvgIpc) is 3.13. The summed E-state index contributed by atoms with van der Waals surface area (Å²) in [4.78, 5) is 13.6. The minimum Gasteiger partial charge on any atom is -0.382 e. The molecule has 1 heterocycles. The Hall–Kier alpha value is -3.43. The molecule has 0 fully saturated rings. The van der Waals surface area contributed by atoms with Crippen LogP contribution >= 0.6 is 15.9 Å². The molecule has 0 saturated heterocycles. The Morgan fingerprint density at radius 1 is 1.10 bits per heavy atom. The van der Waals surface area contributed by atoms with E-state index in [1.807, 2.05) is 18.2 Å². The summed E-state index contributed by atoms with van der Waals surface area (Å²) < 4.78 is 14.9. The Morgan fingerprint density at radius 3 is 2.47 bits per heavy atom. The minimum absolute atomic E-state index is 0.214. The lowest BCUT2D eigenvalue weighted by Crippen LogP contribution is -2.31. The largest absolute Gasteiger partial charge is 0.382 e. The number of carbonyl (C=O) groups excluding carboxylic acids is 1. The van der Waals surface area contributed by atoms with Crippen molar-refractivity contribution >= 4 is 50.1 Å². The van der Waals surface area contributed by atoms with Crippen LogP contribution in [0.4, 0.5) is 26.4 Å². The molecule has 0 unspecified atom stereocenters. The van der Waals surface area contributed by atoms with Crippen LogP contribution in [0.5, 0.6) is 0 Å². The first-order chi connectivity index (χ1) is 14.4. The van der Waals surface area contributed by atoms with Gasteiger partial charge in [0.05, 0.1) is 16.8 Å². The maximum absolute atomic E-state index is 14.0. The highest BCUT2D eigenvalue weighted by Gasteiger charge is 2.18. The standard InChI is InChI=1S/C21H18BrFN6O/c22-16-7-5-14(9-12(16)10-24)29(21(26)30)13-3-1-11(2-4-13)15-6-8-17(23)19-18(15)20(25)28-27-19/h1-9H,10,24H2,(H2,26,30)(H3,25,27,28). The Balaban J connectivity index is 1.76. The van der Waals surface area contributed by atoms with Crippen LogP contribution in [-0.4, -0.2) is 16.2 Å². The van der Waals surface area contributed by atoms with Gasteiger partial charge in [0.2, 0.25) is 0 Å². The number of nitrogen functional groups attached to an aromatic ring is 1. The molecule has 9 heteroatoms. The normalized spacial score (nSPS) is 11.0. The molecule has 0 aliphatic rings. The molecule has 2 amide bonds. The lowest BCUT2D eigenvalue weighted by atomic mass is 10.0. The molecule has 7 nitrogen and oxygen atoms in total. The van der Waals surface area contributed by atoms with Crippen molar-refractivity contribution < 1.29 is 9.18 Å². The summed E-state index contributed by atoms with van der Waals surface area (Å²) in [5, 5.41) is 7.03. The van der Waals surface area contributed by atoms with Crippen LogP contribution in [0.2, 0.25) is 0 Å². The topological polar surface area (TPSA) is 127 Å². The number of carbonyl (C=O) groups is 1. The van der Waals surface area contributed by atoms with E-state index < -0.39 is 11.8 Å². The van der Waals surface area contributed by atoms with Gasteiger partial charge in [0.1, 0.15) is 11.3 Å². The molecule has 0 spiro atoms. The number of anilines is 3. The fraction of sp³-hybridized carbons (Fsp3) is 0.0476. The van der Waals surface area contributed by atoms with E-state index in [1.165, 1.54) is 11.0 Å². The average molecular weight is 469 g/mol. The molecule has 0 aliphatic heterocycles. The van der Waals surface area contributed by atoms with Crippen LogP contribution in [0.1, 0.15) is 5.56 Å². The van der Waals surface area contributed by atoms with Gasteiger partial charge in [0.25, 0.3) is 0 Å². The highest BCUT2D eigenvalue weighted by molar-refractivity contribution is 9.10. The van der Waals surface area contributed by atoms with Crippen molar-refractivity contribution in [3.05, 3.63) is 70.5 Å². The van der Waals surface area contributed by atoms with Gasteiger partial charge in [-0.25, -0.2) is 9.18 Å². The number of urea groups is 1. The Labute approximate surface area is 179 Å². The van der Waals surface area contributed by atoms with E-state index in [9.17, 15) is 9.18 Å². The maximum atomic E-state index is 14.0. The molecule has 3 aromatic carbocycles. The van der Waals surface area contributed by atoms with E-state index >= 15 is 0 Å². The number of hydrogen-bond acceptors (Lipinski definition) is 4. The molecule has 0 aliphatic carbocycles. The number of rotatable bonds is 4. The van der Waals surface area contributed by atoms with Gasteiger partial charge in [-0.05, 0) is 53.1 Å². The van der Waals surface area contributed by atoms with Crippen molar-refractivity contribution in [2.75, 3.05) is 10.6 Å². The molecule has 152 valence electrons. The zero-order chi connectivity index (χ0) is 21.4. The van der Waals surface area contributed by atoms with E-state index in [-0.39, 0.29) is 11.3 Å². The Bertz CT molecular complexity index is 1250. The van der Waals surface area contributed by atoms with Gasteiger partial charge in [-0.1, -0.05) is 34.1 Å². The van der Waals surface area contributed by atoms with E-state index in [2.05, 4.69) is 26.1 Å². The van der Waals surface area contributed by atoms with Crippen molar-refractivity contribution in [2.24, 2.45) is 11.5 Å². The second-order valence-electron chi connectivity index (χ2n) is 6.65. The fourth-order valence-corrected chi connectivity index (χ4v) is 3.82. The number of fused-ring (bicyclic) bond motifs is 1. The number of nitrogens with one attached hydrogen (secondary N) is 1. The summed E-state index contributed by atoms with van der Waals surface area (Å²) in [7, 11) is 0. The van der Waals surface area contributed by atoms with Crippen molar-refractivity contribution in [1.29, 1.82) is 0 Å². The van der Waals surface area contributed by atoms with Gasteiger partial charge in [0, 0.05) is 11.0 Å².